The summed E-state index contributed by atoms with van der Waals surface area (Å²) in [4.78, 5) is 17.2. The Balaban J connectivity index is 1.80. The Morgan fingerprint density at radius 3 is 2.57 bits per heavy atom. The van der Waals surface area contributed by atoms with Crippen molar-refractivity contribution in [2.75, 3.05) is 13.6 Å². The van der Waals surface area contributed by atoms with Gasteiger partial charge in [0.25, 0.3) is 5.91 Å². The highest BCUT2D eigenvalue weighted by Crippen LogP contribution is 2.31. The van der Waals surface area contributed by atoms with Crippen LogP contribution in [0, 0.1) is 5.82 Å². The lowest BCUT2D eigenvalue weighted by Gasteiger charge is -2.28. The average Bonchev–Trinajstić information content (AvgIpc) is 3.16. The number of aliphatic hydroxyl groups is 1. The van der Waals surface area contributed by atoms with Crippen LogP contribution in [0.15, 0.2) is 36.7 Å². The minimum atomic E-state index is -0.767. The van der Waals surface area contributed by atoms with Crippen LogP contribution in [-0.4, -0.2) is 40.1 Å². The molecule has 3 rings (SSSR count). The number of H-pyrrole nitrogens is 1. The largest absolute Gasteiger partial charge is 0.388 e. The van der Waals surface area contributed by atoms with Gasteiger partial charge in [0.15, 0.2) is 0 Å². The SMILES string of the molecule is CN(CC1(O)CCCC1)C(=O)c1c[nH]cc1-c1ccc(F)cc1. The molecule has 1 amide bonds. The third-order valence-corrected chi connectivity index (χ3v) is 4.54. The van der Waals surface area contributed by atoms with Gasteiger partial charge >= 0.3 is 0 Å². The van der Waals surface area contributed by atoms with Crippen LogP contribution in [0.25, 0.3) is 11.1 Å². The molecule has 5 heteroatoms. The second-order valence-corrected chi connectivity index (χ2v) is 6.38. The molecule has 1 aliphatic carbocycles. The highest BCUT2D eigenvalue weighted by Gasteiger charge is 2.34. The number of nitrogens with zero attached hydrogens (tertiary/aromatic N) is 1. The Labute approximate surface area is 134 Å². The number of halogens is 1. The first kappa shape index (κ1) is 15.7. The molecule has 23 heavy (non-hydrogen) atoms. The first-order valence-electron chi connectivity index (χ1n) is 7.89. The Morgan fingerprint density at radius 1 is 1.26 bits per heavy atom. The molecule has 0 spiro atoms. The summed E-state index contributed by atoms with van der Waals surface area (Å²) in [6.45, 7) is 0.333. The number of amides is 1. The van der Waals surface area contributed by atoms with E-state index in [4.69, 9.17) is 0 Å². The maximum Gasteiger partial charge on any atom is 0.255 e. The van der Waals surface area contributed by atoms with Crippen molar-refractivity contribution in [3.63, 3.8) is 0 Å². The number of aromatic nitrogens is 1. The van der Waals surface area contributed by atoms with E-state index in [0.717, 1.165) is 36.8 Å². The van der Waals surface area contributed by atoms with Crippen LogP contribution in [0.5, 0.6) is 0 Å². The number of carbonyl (C=O) groups is 1. The number of nitrogens with one attached hydrogen (secondary N) is 1. The quantitative estimate of drug-likeness (QED) is 0.910. The van der Waals surface area contributed by atoms with Gasteiger partial charge < -0.3 is 15.0 Å². The van der Waals surface area contributed by atoms with E-state index in [1.165, 1.54) is 12.1 Å². The predicted octanol–water partition coefficient (Wildman–Crippen LogP) is 3.20. The fraction of sp³-hybridized carbons (Fsp3) is 0.389. The number of carbonyl (C=O) groups excluding carboxylic acids is 1. The minimum Gasteiger partial charge on any atom is -0.388 e. The molecule has 4 nitrogen and oxygen atoms in total. The predicted molar refractivity (Wildman–Crippen MR) is 86.6 cm³/mol. The number of hydrogen-bond acceptors (Lipinski definition) is 2. The van der Waals surface area contributed by atoms with E-state index in [1.807, 2.05) is 0 Å². The van der Waals surface area contributed by atoms with Crippen molar-refractivity contribution in [2.24, 2.45) is 0 Å². The first-order valence-corrected chi connectivity index (χ1v) is 7.89. The van der Waals surface area contributed by atoms with E-state index in [1.54, 1.807) is 36.5 Å². The standard InChI is InChI=1S/C18H21FN2O2/c1-21(12-18(23)8-2-3-9-18)17(22)16-11-20-10-15(16)13-4-6-14(19)7-5-13/h4-7,10-11,20,23H,2-3,8-9,12H2,1H3. The lowest BCUT2D eigenvalue weighted by atomic mass is 10.0. The molecule has 1 fully saturated rings. The average molecular weight is 316 g/mol. The van der Waals surface area contributed by atoms with E-state index in [9.17, 15) is 14.3 Å². The molecule has 1 aromatic carbocycles. The molecule has 2 aromatic rings. The van der Waals surface area contributed by atoms with Crippen molar-refractivity contribution < 1.29 is 14.3 Å². The minimum absolute atomic E-state index is 0.147. The molecule has 0 saturated heterocycles. The van der Waals surface area contributed by atoms with E-state index >= 15 is 0 Å². The highest BCUT2D eigenvalue weighted by molar-refractivity contribution is 6.00. The Morgan fingerprint density at radius 2 is 1.91 bits per heavy atom. The summed E-state index contributed by atoms with van der Waals surface area (Å²) in [7, 11) is 1.71. The van der Waals surface area contributed by atoms with Crippen molar-refractivity contribution in [1.29, 1.82) is 0 Å². The van der Waals surface area contributed by atoms with Crippen molar-refractivity contribution in [3.05, 3.63) is 48.0 Å². The summed E-state index contributed by atoms with van der Waals surface area (Å²) in [5.41, 5.74) is 1.28. The van der Waals surface area contributed by atoms with Crippen LogP contribution >= 0.6 is 0 Å². The number of hydrogen-bond donors (Lipinski definition) is 2. The van der Waals surface area contributed by atoms with Crippen molar-refractivity contribution in [3.8, 4) is 11.1 Å². The number of aromatic amines is 1. The third kappa shape index (κ3) is 3.29. The van der Waals surface area contributed by atoms with E-state index < -0.39 is 5.60 Å². The van der Waals surface area contributed by atoms with Crippen LogP contribution in [0.3, 0.4) is 0 Å². The van der Waals surface area contributed by atoms with Crippen LogP contribution < -0.4 is 0 Å². The second kappa shape index (κ2) is 6.16. The van der Waals surface area contributed by atoms with Gasteiger partial charge in [-0.05, 0) is 30.5 Å². The highest BCUT2D eigenvalue weighted by atomic mass is 19.1. The number of likely N-dealkylation sites (N-methyl/N-ethyl adjacent to an activating group) is 1. The number of rotatable bonds is 4. The Kier molecular flexibility index (Phi) is 4.22. The first-order chi connectivity index (χ1) is 11.0. The van der Waals surface area contributed by atoms with Crippen molar-refractivity contribution in [1.82, 2.24) is 9.88 Å². The summed E-state index contributed by atoms with van der Waals surface area (Å²) < 4.78 is 13.1. The molecule has 1 aromatic heterocycles. The molecule has 0 aliphatic heterocycles. The van der Waals surface area contributed by atoms with Crippen LogP contribution in [0.1, 0.15) is 36.0 Å². The Bertz CT molecular complexity index is 687. The van der Waals surface area contributed by atoms with Gasteiger partial charge in [0.05, 0.1) is 11.2 Å². The lowest BCUT2D eigenvalue weighted by Crippen LogP contribution is -2.42. The molecule has 0 radical (unpaired) electrons. The third-order valence-electron chi connectivity index (χ3n) is 4.54. The van der Waals surface area contributed by atoms with E-state index in [0.29, 0.717) is 12.1 Å². The van der Waals surface area contributed by atoms with Crippen LogP contribution in [0.2, 0.25) is 0 Å². The van der Waals surface area contributed by atoms with Crippen LogP contribution in [0.4, 0.5) is 4.39 Å². The fourth-order valence-electron chi connectivity index (χ4n) is 3.32. The molecule has 2 N–H and O–H groups in total. The van der Waals surface area contributed by atoms with Gasteiger partial charge in [-0.15, -0.1) is 0 Å². The smallest absolute Gasteiger partial charge is 0.255 e. The van der Waals surface area contributed by atoms with Crippen molar-refractivity contribution in [2.45, 2.75) is 31.3 Å². The summed E-state index contributed by atoms with van der Waals surface area (Å²) in [6, 6.07) is 6.06. The molecular weight excluding hydrogens is 295 g/mol. The van der Waals surface area contributed by atoms with Gasteiger partial charge in [-0.3, -0.25) is 4.79 Å². The van der Waals surface area contributed by atoms with Gasteiger partial charge in [0, 0.05) is 31.5 Å². The van der Waals surface area contributed by atoms with Gasteiger partial charge in [0.2, 0.25) is 0 Å². The molecule has 1 saturated carbocycles. The summed E-state index contributed by atoms with van der Waals surface area (Å²) in [6.07, 6.45) is 6.87. The molecular formula is C18H21FN2O2. The normalized spacial score (nSPS) is 16.5. The van der Waals surface area contributed by atoms with Gasteiger partial charge in [-0.2, -0.15) is 0 Å². The van der Waals surface area contributed by atoms with Gasteiger partial charge in [-0.25, -0.2) is 4.39 Å². The lowest BCUT2D eigenvalue weighted by molar-refractivity contribution is 0.0157. The molecule has 0 atom stereocenters. The van der Waals surface area contributed by atoms with E-state index in [2.05, 4.69) is 4.98 Å². The zero-order chi connectivity index (χ0) is 16.4. The monoisotopic (exact) mass is 316 g/mol. The molecule has 122 valence electrons. The maximum absolute atomic E-state index is 13.1. The zero-order valence-corrected chi connectivity index (χ0v) is 13.2. The topological polar surface area (TPSA) is 56.3 Å². The van der Waals surface area contributed by atoms with Gasteiger partial charge in [-0.1, -0.05) is 25.0 Å². The summed E-state index contributed by atoms with van der Waals surface area (Å²) >= 11 is 0. The second-order valence-electron chi connectivity index (χ2n) is 6.38. The summed E-state index contributed by atoms with van der Waals surface area (Å²) in [5.74, 6) is -0.455. The molecule has 1 aliphatic rings. The summed E-state index contributed by atoms with van der Waals surface area (Å²) in [5, 5.41) is 10.5. The number of benzene rings is 1. The maximum atomic E-state index is 13.1. The van der Waals surface area contributed by atoms with E-state index in [-0.39, 0.29) is 11.7 Å². The van der Waals surface area contributed by atoms with Crippen molar-refractivity contribution >= 4 is 5.91 Å². The fourth-order valence-corrected chi connectivity index (χ4v) is 3.32. The molecule has 1 heterocycles. The van der Waals surface area contributed by atoms with Crippen LogP contribution in [-0.2, 0) is 0 Å². The molecule has 0 bridgehead atoms. The zero-order valence-electron chi connectivity index (χ0n) is 13.2. The Hall–Kier alpha value is -2.14. The molecule has 0 unspecified atom stereocenters. The van der Waals surface area contributed by atoms with Gasteiger partial charge in [0.1, 0.15) is 5.82 Å².